The van der Waals surface area contributed by atoms with Gasteiger partial charge in [0.15, 0.2) is 5.11 Å². The van der Waals surface area contributed by atoms with Crippen molar-refractivity contribution in [3.05, 3.63) is 52.0 Å². The number of halogens is 1. The van der Waals surface area contributed by atoms with Gasteiger partial charge in [-0.25, -0.2) is 4.39 Å². The number of nitrogens with two attached hydrogens (primary N) is 1. The van der Waals surface area contributed by atoms with Crippen LogP contribution < -0.4 is 11.2 Å². The minimum atomic E-state index is -0.695. The maximum absolute atomic E-state index is 13.1. The molecule has 1 aromatic carbocycles. The molecule has 0 saturated heterocycles. The molecule has 0 aliphatic rings. The van der Waals surface area contributed by atoms with Gasteiger partial charge in [0, 0.05) is 0 Å². The standard InChI is InChI=1S/C12H9FN4O3S/c13-7-1-3-9(10(5-7)17(18)19)11-4-2-8(20-11)6-15-16-12(14)21/h1-6H,(H3,14,16,21)/b15-6-. The number of hydrazone groups is 1. The second-order valence-corrected chi connectivity index (χ2v) is 4.29. The molecule has 9 heteroatoms. The van der Waals surface area contributed by atoms with Crippen LogP contribution in [-0.4, -0.2) is 16.3 Å². The zero-order valence-electron chi connectivity index (χ0n) is 10.4. The lowest BCUT2D eigenvalue weighted by molar-refractivity contribution is -0.384. The topological polar surface area (TPSA) is 107 Å². The lowest BCUT2D eigenvalue weighted by Crippen LogP contribution is -2.23. The van der Waals surface area contributed by atoms with E-state index in [9.17, 15) is 14.5 Å². The average molecular weight is 308 g/mol. The molecule has 0 radical (unpaired) electrons. The van der Waals surface area contributed by atoms with Crippen molar-refractivity contribution in [1.82, 2.24) is 5.43 Å². The summed E-state index contributed by atoms with van der Waals surface area (Å²) in [5.74, 6) is -0.148. The van der Waals surface area contributed by atoms with Crippen molar-refractivity contribution in [3.8, 4) is 11.3 Å². The van der Waals surface area contributed by atoms with Gasteiger partial charge in [0.2, 0.25) is 0 Å². The number of nitro benzene ring substituents is 1. The molecule has 0 fully saturated rings. The average Bonchev–Trinajstić information content (AvgIpc) is 2.86. The highest BCUT2D eigenvalue weighted by molar-refractivity contribution is 7.80. The zero-order valence-corrected chi connectivity index (χ0v) is 11.3. The number of nitrogens with zero attached hydrogens (tertiary/aromatic N) is 2. The second-order valence-electron chi connectivity index (χ2n) is 3.85. The number of nitrogens with one attached hydrogen (secondary N) is 1. The first-order valence-corrected chi connectivity index (χ1v) is 6.01. The Morgan fingerprint density at radius 2 is 2.24 bits per heavy atom. The molecule has 108 valence electrons. The van der Waals surface area contributed by atoms with Crippen molar-refractivity contribution >= 4 is 29.2 Å². The molecule has 1 heterocycles. The Bertz CT molecular complexity index is 729. The van der Waals surface area contributed by atoms with Gasteiger partial charge in [-0.05, 0) is 36.5 Å². The molecule has 21 heavy (non-hydrogen) atoms. The molecular weight excluding hydrogens is 299 g/mol. The van der Waals surface area contributed by atoms with Gasteiger partial charge in [-0.2, -0.15) is 5.10 Å². The molecular formula is C12H9FN4O3S. The minimum absolute atomic E-state index is 0.00722. The van der Waals surface area contributed by atoms with Crippen LogP contribution in [0.2, 0.25) is 0 Å². The third-order valence-electron chi connectivity index (χ3n) is 2.42. The molecule has 0 atom stereocenters. The van der Waals surface area contributed by atoms with Crippen LogP contribution in [0.4, 0.5) is 10.1 Å². The summed E-state index contributed by atoms with van der Waals surface area (Å²) in [5.41, 5.74) is 7.32. The predicted molar refractivity (Wildman–Crippen MR) is 78.3 cm³/mol. The molecule has 2 rings (SSSR count). The Hall–Kier alpha value is -2.81. The lowest BCUT2D eigenvalue weighted by Gasteiger charge is -1.99. The fraction of sp³-hybridized carbons (Fsp3) is 0. The monoisotopic (exact) mass is 308 g/mol. The lowest BCUT2D eigenvalue weighted by atomic mass is 10.1. The van der Waals surface area contributed by atoms with Gasteiger partial charge >= 0.3 is 0 Å². The molecule has 3 N–H and O–H groups in total. The van der Waals surface area contributed by atoms with E-state index in [0.717, 1.165) is 12.1 Å². The number of nitro groups is 1. The summed E-state index contributed by atoms with van der Waals surface area (Å²) in [5, 5.41) is 14.6. The van der Waals surface area contributed by atoms with Crippen LogP contribution in [0.3, 0.4) is 0 Å². The zero-order chi connectivity index (χ0) is 15.4. The van der Waals surface area contributed by atoms with Crippen molar-refractivity contribution in [3.63, 3.8) is 0 Å². The molecule has 0 amide bonds. The van der Waals surface area contributed by atoms with Crippen molar-refractivity contribution < 1.29 is 13.7 Å². The van der Waals surface area contributed by atoms with Crippen molar-refractivity contribution in [2.75, 3.05) is 0 Å². The number of benzene rings is 1. The highest BCUT2D eigenvalue weighted by Crippen LogP contribution is 2.31. The molecule has 2 aromatic rings. The Morgan fingerprint density at radius 3 is 2.90 bits per heavy atom. The minimum Gasteiger partial charge on any atom is -0.455 e. The normalized spacial score (nSPS) is 10.7. The van der Waals surface area contributed by atoms with Crippen LogP contribution in [-0.2, 0) is 0 Å². The van der Waals surface area contributed by atoms with Gasteiger partial charge in [-0.15, -0.1) is 0 Å². The van der Waals surface area contributed by atoms with Crippen LogP contribution in [0.25, 0.3) is 11.3 Å². The quantitative estimate of drug-likeness (QED) is 0.388. The van der Waals surface area contributed by atoms with Crippen molar-refractivity contribution in [2.24, 2.45) is 10.8 Å². The van der Waals surface area contributed by atoms with E-state index in [0.29, 0.717) is 5.76 Å². The first kappa shape index (κ1) is 14.6. The van der Waals surface area contributed by atoms with E-state index < -0.39 is 10.7 Å². The summed E-state index contributed by atoms with van der Waals surface area (Å²) in [6, 6.07) is 6.29. The SMILES string of the molecule is NC(=S)N/N=C\c1ccc(-c2ccc(F)cc2[N+](=O)[O-])o1. The van der Waals surface area contributed by atoms with E-state index in [4.69, 9.17) is 10.2 Å². The van der Waals surface area contributed by atoms with E-state index in [1.807, 2.05) is 0 Å². The Labute approximate surface area is 123 Å². The van der Waals surface area contributed by atoms with Gasteiger partial charge < -0.3 is 10.2 Å². The highest BCUT2D eigenvalue weighted by atomic mass is 32.1. The van der Waals surface area contributed by atoms with Gasteiger partial charge in [0.1, 0.15) is 17.3 Å². The number of hydrogen-bond donors (Lipinski definition) is 2. The Morgan fingerprint density at radius 1 is 1.48 bits per heavy atom. The first-order chi connectivity index (χ1) is 9.97. The fourth-order valence-electron chi connectivity index (χ4n) is 1.59. The summed E-state index contributed by atoms with van der Waals surface area (Å²) >= 11 is 4.56. The smallest absolute Gasteiger partial charge is 0.283 e. The number of furan rings is 1. The van der Waals surface area contributed by atoms with Gasteiger partial charge in [0.05, 0.1) is 22.8 Å². The van der Waals surface area contributed by atoms with E-state index >= 15 is 0 Å². The maximum atomic E-state index is 13.1. The Kier molecular flexibility index (Phi) is 4.24. The third kappa shape index (κ3) is 3.60. The molecule has 0 aliphatic heterocycles. The van der Waals surface area contributed by atoms with E-state index in [2.05, 4.69) is 22.7 Å². The number of rotatable bonds is 4. The molecule has 0 saturated carbocycles. The van der Waals surface area contributed by atoms with Crippen LogP contribution >= 0.6 is 12.2 Å². The predicted octanol–water partition coefficient (Wildman–Crippen LogP) is 2.16. The maximum Gasteiger partial charge on any atom is 0.283 e. The Balaban J connectivity index is 2.31. The van der Waals surface area contributed by atoms with Gasteiger partial charge in [0.25, 0.3) is 5.69 Å². The fourth-order valence-corrected chi connectivity index (χ4v) is 1.64. The first-order valence-electron chi connectivity index (χ1n) is 5.60. The van der Waals surface area contributed by atoms with E-state index in [1.54, 1.807) is 6.07 Å². The molecule has 0 aliphatic carbocycles. The van der Waals surface area contributed by atoms with Crippen LogP contribution in [0.1, 0.15) is 5.76 Å². The molecule has 7 nitrogen and oxygen atoms in total. The summed E-state index contributed by atoms with van der Waals surface area (Å²) in [7, 11) is 0. The molecule has 0 unspecified atom stereocenters. The van der Waals surface area contributed by atoms with Crippen molar-refractivity contribution in [1.29, 1.82) is 0 Å². The van der Waals surface area contributed by atoms with Crippen LogP contribution in [0, 0.1) is 15.9 Å². The number of thiocarbonyl (C=S) groups is 1. The molecule has 1 aromatic heterocycles. The number of hydrogen-bond acceptors (Lipinski definition) is 5. The van der Waals surface area contributed by atoms with Gasteiger partial charge in [-0.3, -0.25) is 15.5 Å². The summed E-state index contributed by atoms with van der Waals surface area (Å²) < 4.78 is 18.5. The summed E-state index contributed by atoms with van der Waals surface area (Å²) in [6.45, 7) is 0. The molecule has 0 bridgehead atoms. The third-order valence-corrected chi connectivity index (χ3v) is 2.51. The van der Waals surface area contributed by atoms with Gasteiger partial charge in [-0.1, -0.05) is 0 Å². The highest BCUT2D eigenvalue weighted by Gasteiger charge is 2.18. The summed E-state index contributed by atoms with van der Waals surface area (Å²) in [6.07, 6.45) is 1.30. The van der Waals surface area contributed by atoms with Crippen molar-refractivity contribution in [2.45, 2.75) is 0 Å². The summed E-state index contributed by atoms with van der Waals surface area (Å²) in [4.78, 5) is 10.3. The second kappa shape index (κ2) is 6.09. The van der Waals surface area contributed by atoms with Crippen LogP contribution in [0.5, 0.6) is 0 Å². The van der Waals surface area contributed by atoms with E-state index in [-0.39, 0.29) is 22.1 Å². The molecule has 0 spiro atoms. The van der Waals surface area contributed by atoms with Crippen LogP contribution in [0.15, 0.2) is 39.9 Å². The largest absolute Gasteiger partial charge is 0.455 e. The van der Waals surface area contributed by atoms with E-state index in [1.165, 1.54) is 18.3 Å².